The molecule has 1 aliphatic rings. The zero-order chi connectivity index (χ0) is 48.7. The van der Waals surface area contributed by atoms with Crippen molar-refractivity contribution in [2.75, 3.05) is 13.2 Å². The molecule has 0 spiro atoms. The van der Waals surface area contributed by atoms with Gasteiger partial charge in [0.05, 0.1) is 25.4 Å². The van der Waals surface area contributed by atoms with Crippen LogP contribution in [0.15, 0.2) is 72.9 Å². The molecule has 1 aliphatic heterocycles. The Morgan fingerprint density at radius 3 is 1.37 bits per heavy atom. The summed E-state index contributed by atoms with van der Waals surface area (Å²) in [6, 6.07) is -0.820. The summed E-state index contributed by atoms with van der Waals surface area (Å²) in [7, 11) is 0. The summed E-state index contributed by atoms with van der Waals surface area (Å²) < 4.78 is 11.3. The highest BCUT2D eigenvalue weighted by molar-refractivity contribution is 5.76. The summed E-state index contributed by atoms with van der Waals surface area (Å²) in [6.07, 6.45) is 58.1. The SMILES string of the molecule is CC/C=C\C/C=C\C/C=C\C/C=C\C/C=C\CCCCCCCC(=O)NC(COC1OC(CO)C(O)C(O)C1O)C(O)/C=C/CCCCCCCCCCCCCCCCCCCCCCC. The number of amides is 1. The molecule has 1 heterocycles. The third-order valence-corrected chi connectivity index (χ3v) is 12.8. The predicted octanol–water partition coefficient (Wildman–Crippen LogP) is 13.3. The van der Waals surface area contributed by atoms with E-state index >= 15 is 0 Å². The van der Waals surface area contributed by atoms with E-state index in [0.29, 0.717) is 6.42 Å². The monoisotopic (exact) mass is 942 g/mol. The molecular formula is C58H103NO8. The molecule has 6 N–H and O–H groups in total. The Morgan fingerprint density at radius 2 is 0.925 bits per heavy atom. The lowest BCUT2D eigenvalue weighted by molar-refractivity contribution is -0.302. The Labute approximate surface area is 410 Å². The van der Waals surface area contributed by atoms with Gasteiger partial charge in [-0.3, -0.25) is 4.79 Å². The minimum Gasteiger partial charge on any atom is -0.394 e. The molecule has 1 fully saturated rings. The first-order valence-corrected chi connectivity index (χ1v) is 27.7. The van der Waals surface area contributed by atoms with Crippen molar-refractivity contribution in [3.8, 4) is 0 Å². The second-order valence-electron chi connectivity index (χ2n) is 19.0. The van der Waals surface area contributed by atoms with Crippen LogP contribution in [-0.4, -0.2) is 87.5 Å². The van der Waals surface area contributed by atoms with Gasteiger partial charge >= 0.3 is 0 Å². The fraction of sp³-hybridized carbons (Fsp3) is 0.776. The van der Waals surface area contributed by atoms with Gasteiger partial charge in [0.2, 0.25) is 5.91 Å². The number of ether oxygens (including phenoxy) is 2. The summed E-state index contributed by atoms with van der Waals surface area (Å²) >= 11 is 0. The van der Waals surface area contributed by atoms with Crippen molar-refractivity contribution in [1.29, 1.82) is 0 Å². The summed E-state index contributed by atoms with van der Waals surface area (Å²) in [5.74, 6) is -0.196. The number of nitrogens with one attached hydrogen (secondary N) is 1. The van der Waals surface area contributed by atoms with Gasteiger partial charge in [0.15, 0.2) is 6.29 Å². The first-order valence-electron chi connectivity index (χ1n) is 27.7. The first-order chi connectivity index (χ1) is 32.8. The Morgan fingerprint density at radius 1 is 0.522 bits per heavy atom. The molecule has 7 atom stereocenters. The van der Waals surface area contributed by atoms with Gasteiger partial charge in [-0.2, -0.15) is 0 Å². The van der Waals surface area contributed by atoms with Crippen LogP contribution in [-0.2, 0) is 14.3 Å². The van der Waals surface area contributed by atoms with Gasteiger partial charge in [0.1, 0.15) is 24.4 Å². The maximum atomic E-state index is 13.0. The molecule has 0 aromatic carbocycles. The molecule has 67 heavy (non-hydrogen) atoms. The molecule has 388 valence electrons. The maximum Gasteiger partial charge on any atom is 0.220 e. The number of aliphatic hydroxyl groups excluding tert-OH is 5. The van der Waals surface area contributed by atoms with E-state index < -0.39 is 49.5 Å². The number of hydrogen-bond donors (Lipinski definition) is 6. The van der Waals surface area contributed by atoms with Crippen LogP contribution in [0.2, 0.25) is 0 Å². The van der Waals surface area contributed by atoms with E-state index in [2.05, 4.69) is 79.9 Å². The first kappa shape index (κ1) is 62.6. The third-order valence-electron chi connectivity index (χ3n) is 12.8. The summed E-state index contributed by atoms with van der Waals surface area (Å²) in [5.41, 5.74) is 0. The Kier molecular flexibility index (Phi) is 44.2. The molecule has 1 amide bonds. The predicted molar refractivity (Wildman–Crippen MR) is 281 cm³/mol. The molecule has 9 heteroatoms. The molecule has 0 aromatic heterocycles. The lowest BCUT2D eigenvalue weighted by atomic mass is 9.99. The molecule has 7 unspecified atom stereocenters. The molecule has 9 nitrogen and oxygen atoms in total. The summed E-state index contributed by atoms with van der Waals surface area (Å²) in [6.45, 7) is 3.66. The third kappa shape index (κ3) is 37.2. The number of rotatable bonds is 46. The van der Waals surface area contributed by atoms with E-state index in [1.807, 2.05) is 6.08 Å². The van der Waals surface area contributed by atoms with E-state index in [1.165, 1.54) is 122 Å². The van der Waals surface area contributed by atoms with Gasteiger partial charge < -0.3 is 40.3 Å². The van der Waals surface area contributed by atoms with Gasteiger partial charge in [-0.1, -0.05) is 234 Å². The Hall–Kier alpha value is -2.37. The number of aliphatic hydroxyl groups is 5. The molecule has 0 bridgehead atoms. The average Bonchev–Trinajstić information content (AvgIpc) is 3.33. The van der Waals surface area contributed by atoms with Crippen molar-refractivity contribution in [2.45, 2.75) is 275 Å². The smallest absolute Gasteiger partial charge is 0.220 e. The van der Waals surface area contributed by atoms with E-state index in [0.717, 1.165) is 89.9 Å². The average molecular weight is 942 g/mol. The highest BCUT2D eigenvalue weighted by Gasteiger charge is 2.44. The van der Waals surface area contributed by atoms with Crippen molar-refractivity contribution in [3.05, 3.63) is 72.9 Å². The van der Waals surface area contributed by atoms with Crippen LogP contribution in [0.25, 0.3) is 0 Å². The zero-order valence-electron chi connectivity index (χ0n) is 42.9. The number of carbonyl (C=O) groups excluding carboxylic acids is 1. The van der Waals surface area contributed by atoms with Crippen LogP contribution in [0.3, 0.4) is 0 Å². The van der Waals surface area contributed by atoms with Crippen molar-refractivity contribution >= 4 is 5.91 Å². The molecule has 0 saturated carbocycles. The molecule has 0 radical (unpaired) electrons. The van der Waals surface area contributed by atoms with E-state index in [4.69, 9.17) is 9.47 Å². The normalized spacial score (nSPS) is 20.3. The largest absolute Gasteiger partial charge is 0.394 e. The van der Waals surface area contributed by atoms with Crippen molar-refractivity contribution < 1.29 is 39.8 Å². The van der Waals surface area contributed by atoms with E-state index in [-0.39, 0.29) is 12.5 Å². The zero-order valence-corrected chi connectivity index (χ0v) is 42.9. The van der Waals surface area contributed by atoms with Gasteiger partial charge in [0, 0.05) is 6.42 Å². The number of carbonyl (C=O) groups is 1. The summed E-state index contributed by atoms with van der Waals surface area (Å²) in [4.78, 5) is 13.0. The topological polar surface area (TPSA) is 149 Å². The lowest BCUT2D eigenvalue weighted by Crippen LogP contribution is -2.60. The van der Waals surface area contributed by atoms with Crippen molar-refractivity contribution in [1.82, 2.24) is 5.32 Å². The fourth-order valence-electron chi connectivity index (χ4n) is 8.42. The Balaban J connectivity index is 2.28. The number of unbranched alkanes of at least 4 members (excludes halogenated alkanes) is 26. The minimum absolute atomic E-state index is 0.196. The molecule has 1 saturated heterocycles. The van der Waals surface area contributed by atoms with E-state index in [9.17, 15) is 30.3 Å². The second-order valence-corrected chi connectivity index (χ2v) is 19.0. The molecule has 0 aliphatic carbocycles. The van der Waals surface area contributed by atoms with Crippen LogP contribution in [0, 0.1) is 0 Å². The molecule has 1 rings (SSSR count). The van der Waals surface area contributed by atoms with Crippen LogP contribution in [0.1, 0.15) is 232 Å². The lowest BCUT2D eigenvalue weighted by Gasteiger charge is -2.40. The van der Waals surface area contributed by atoms with Crippen molar-refractivity contribution in [2.24, 2.45) is 0 Å². The van der Waals surface area contributed by atoms with Crippen LogP contribution < -0.4 is 5.32 Å². The molecule has 0 aromatic rings. The molecular weight excluding hydrogens is 839 g/mol. The van der Waals surface area contributed by atoms with E-state index in [1.54, 1.807) is 6.08 Å². The number of hydrogen-bond acceptors (Lipinski definition) is 8. The highest BCUT2D eigenvalue weighted by atomic mass is 16.7. The van der Waals surface area contributed by atoms with Gasteiger partial charge in [0.25, 0.3) is 0 Å². The van der Waals surface area contributed by atoms with Crippen LogP contribution in [0.5, 0.6) is 0 Å². The minimum atomic E-state index is -1.57. The fourth-order valence-corrected chi connectivity index (χ4v) is 8.42. The van der Waals surface area contributed by atoms with Crippen LogP contribution in [0.4, 0.5) is 0 Å². The maximum absolute atomic E-state index is 13.0. The van der Waals surface area contributed by atoms with Gasteiger partial charge in [-0.15, -0.1) is 0 Å². The Bertz CT molecular complexity index is 1280. The number of allylic oxidation sites excluding steroid dienone is 11. The quantitative estimate of drug-likeness (QED) is 0.0261. The second kappa shape index (κ2) is 47.3. The van der Waals surface area contributed by atoms with Crippen LogP contribution >= 0.6 is 0 Å². The standard InChI is InChI=1S/C58H103NO8/c1-3-5-7-9-11-13-15-17-19-21-23-25-26-28-29-31-33-35-37-39-41-43-45-47-52(61)51(50-66-58-57(65)56(64)55(63)53(49-60)67-58)59-54(62)48-46-44-42-40-38-36-34-32-30-27-24-22-20-18-16-14-12-10-8-6-4-2/h6,8,12,14,18,20,24,27,32,34,45,47,51-53,55-58,60-61,63-65H,3-5,7,9-11,13,15-17,19,21-23,25-26,28-31,33,35-44,46,48-50H2,1-2H3,(H,59,62)/b8-6-,14-12-,20-18-,27-24-,34-32-,47-45+. The van der Waals surface area contributed by atoms with Gasteiger partial charge in [-0.25, -0.2) is 0 Å². The summed E-state index contributed by atoms with van der Waals surface area (Å²) in [5, 5.41) is 54.5. The van der Waals surface area contributed by atoms with Gasteiger partial charge in [-0.05, 0) is 64.2 Å². The highest BCUT2D eigenvalue weighted by Crippen LogP contribution is 2.23. The van der Waals surface area contributed by atoms with Crippen molar-refractivity contribution in [3.63, 3.8) is 0 Å².